The van der Waals surface area contributed by atoms with Crippen molar-refractivity contribution in [3.63, 3.8) is 0 Å². The van der Waals surface area contributed by atoms with Crippen LogP contribution in [0.25, 0.3) is 0 Å². The SMILES string of the molecule is CCN(C1CCCC1)S(=O)(=O)c1ncccc1NN. The highest BCUT2D eigenvalue weighted by Crippen LogP contribution is 2.29. The van der Waals surface area contributed by atoms with Gasteiger partial charge in [-0.2, -0.15) is 4.31 Å². The van der Waals surface area contributed by atoms with Crippen LogP contribution < -0.4 is 11.3 Å². The number of hydrogen-bond donors (Lipinski definition) is 2. The lowest BCUT2D eigenvalue weighted by atomic mass is 10.2. The van der Waals surface area contributed by atoms with E-state index in [4.69, 9.17) is 5.84 Å². The van der Waals surface area contributed by atoms with Crippen molar-refractivity contribution >= 4 is 15.7 Å². The molecule has 6 nitrogen and oxygen atoms in total. The summed E-state index contributed by atoms with van der Waals surface area (Å²) in [6.45, 7) is 2.31. The molecule has 1 heterocycles. The maximum Gasteiger partial charge on any atom is 0.262 e. The van der Waals surface area contributed by atoms with Crippen LogP contribution in [-0.4, -0.2) is 30.3 Å². The first-order valence-corrected chi connectivity index (χ1v) is 7.98. The van der Waals surface area contributed by atoms with Gasteiger partial charge in [-0.05, 0) is 25.0 Å². The van der Waals surface area contributed by atoms with Gasteiger partial charge in [0.15, 0.2) is 5.03 Å². The van der Waals surface area contributed by atoms with Crippen molar-refractivity contribution < 1.29 is 8.42 Å². The summed E-state index contributed by atoms with van der Waals surface area (Å²) in [5.74, 6) is 5.37. The second-order valence-electron chi connectivity index (χ2n) is 4.65. The Morgan fingerprint density at radius 3 is 2.74 bits per heavy atom. The number of nitrogens with one attached hydrogen (secondary N) is 1. The van der Waals surface area contributed by atoms with E-state index < -0.39 is 10.0 Å². The Labute approximate surface area is 114 Å². The van der Waals surface area contributed by atoms with Crippen LogP contribution >= 0.6 is 0 Å². The molecule has 0 unspecified atom stereocenters. The zero-order chi connectivity index (χ0) is 13.9. The normalized spacial score (nSPS) is 17.0. The molecule has 0 atom stereocenters. The highest BCUT2D eigenvalue weighted by molar-refractivity contribution is 7.89. The molecule has 0 saturated heterocycles. The number of sulfonamides is 1. The molecule has 1 aliphatic rings. The van der Waals surface area contributed by atoms with Gasteiger partial charge in [-0.25, -0.2) is 13.4 Å². The Bertz CT molecular complexity index is 526. The predicted molar refractivity (Wildman–Crippen MR) is 73.9 cm³/mol. The number of nitrogens with two attached hydrogens (primary N) is 1. The first kappa shape index (κ1) is 14.2. The van der Waals surface area contributed by atoms with Crippen molar-refractivity contribution in [2.24, 2.45) is 5.84 Å². The van der Waals surface area contributed by atoms with Gasteiger partial charge in [-0.15, -0.1) is 0 Å². The molecule has 1 fully saturated rings. The lowest BCUT2D eigenvalue weighted by molar-refractivity contribution is 0.334. The molecule has 0 amide bonds. The van der Waals surface area contributed by atoms with E-state index in [1.54, 1.807) is 16.4 Å². The standard InChI is InChI=1S/C12H20N4O2S/c1-2-16(10-6-3-4-7-10)19(17,18)12-11(15-13)8-5-9-14-12/h5,8-10,15H,2-4,6-7,13H2,1H3. The molecule has 0 aliphatic heterocycles. The van der Waals surface area contributed by atoms with E-state index in [9.17, 15) is 8.42 Å². The summed E-state index contributed by atoms with van der Waals surface area (Å²) in [6.07, 6.45) is 5.48. The molecule has 0 spiro atoms. The molecular formula is C12H20N4O2S. The van der Waals surface area contributed by atoms with Crippen molar-refractivity contribution in [2.45, 2.75) is 43.7 Å². The quantitative estimate of drug-likeness (QED) is 0.629. The minimum Gasteiger partial charge on any atom is -0.321 e. The highest BCUT2D eigenvalue weighted by atomic mass is 32.2. The fourth-order valence-corrected chi connectivity index (χ4v) is 4.40. The van der Waals surface area contributed by atoms with Crippen LogP contribution in [-0.2, 0) is 10.0 Å². The molecule has 1 aromatic heterocycles. The zero-order valence-corrected chi connectivity index (χ0v) is 11.9. The van der Waals surface area contributed by atoms with E-state index in [1.807, 2.05) is 6.92 Å². The third kappa shape index (κ3) is 2.72. The topological polar surface area (TPSA) is 88.3 Å². The third-order valence-electron chi connectivity index (χ3n) is 3.52. The minimum absolute atomic E-state index is 0.00579. The van der Waals surface area contributed by atoms with Crippen LogP contribution in [0.1, 0.15) is 32.6 Å². The van der Waals surface area contributed by atoms with Gasteiger partial charge in [0.25, 0.3) is 10.0 Å². The fraction of sp³-hybridized carbons (Fsp3) is 0.583. The molecule has 0 bridgehead atoms. The minimum atomic E-state index is -3.60. The Hall–Kier alpha value is -1.18. The Morgan fingerprint density at radius 2 is 2.16 bits per heavy atom. The molecule has 7 heteroatoms. The molecule has 3 N–H and O–H groups in total. The molecule has 19 heavy (non-hydrogen) atoms. The van der Waals surface area contributed by atoms with Crippen LogP contribution in [0.2, 0.25) is 0 Å². The van der Waals surface area contributed by atoms with Crippen LogP contribution in [0, 0.1) is 0 Å². The van der Waals surface area contributed by atoms with Gasteiger partial charge in [0.1, 0.15) is 0 Å². The Balaban J connectivity index is 2.39. The summed E-state index contributed by atoms with van der Waals surface area (Å²) >= 11 is 0. The molecule has 0 radical (unpaired) electrons. The van der Waals surface area contributed by atoms with Crippen LogP contribution in [0.3, 0.4) is 0 Å². The van der Waals surface area contributed by atoms with Gasteiger partial charge < -0.3 is 5.43 Å². The van der Waals surface area contributed by atoms with Gasteiger partial charge in [-0.3, -0.25) is 5.84 Å². The van der Waals surface area contributed by atoms with Crippen molar-refractivity contribution in [1.82, 2.24) is 9.29 Å². The number of rotatable bonds is 5. The lowest BCUT2D eigenvalue weighted by Crippen LogP contribution is -2.39. The Kier molecular flexibility index (Phi) is 4.38. The summed E-state index contributed by atoms with van der Waals surface area (Å²) in [6, 6.07) is 3.35. The molecule has 2 rings (SSSR count). The van der Waals surface area contributed by atoms with Gasteiger partial charge in [0, 0.05) is 18.8 Å². The number of nitrogens with zero attached hydrogens (tertiary/aromatic N) is 2. The molecule has 1 saturated carbocycles. The van der Waals surface area contributed by atoms with Crippen LogP contribution in [0.5, 0.6) is 0 Å². The van der Waals surface area contributed by atoms with Crippen molar-refractivity contribution in [1.29, 1.82) is 0 Å². The maximum atomic E-state index is 12.7. The highest BCUT2D eigenvalue weighted by Gasteiger charge is 2.34. The predicted octanol–water partition coefficient (Wildman–Crippen LogP) is 1.32. The first-order chi connectivity index (χ1) is 9.11. The maximum absolute atomic E-state index is 12.7. The number of aromatic nitrogens is 1. The molecular weight excluding hydrogens is 264 g/mol. The number of hydrazine groups is 1. The van der Waals surface area contributed by atoms with Crippen molar-refractivity contribution in [3.05, 3.63) is 18.3 Å². The van der Waals surface area contributed by atoms with E-state index in [0.29, 0.717) is 12.2 Å². The number of pyridine rings is 1. The zero-order valence-electron chi connectivity index (χ0n) is 11.0. The van der Waals surface area contributed by atoms with E-state index in [-0.39, 0.29) is 11.1 Å². The van der Waals surface area contributed by atoms with Crippen LogP contribution in [0.4, 0.5) is 5.69 Å². The number of nitrogen functional groups attached to an aromatic ring is 1. The van der Waals surface area contributed by atoms with Gasteiger partial charge >= 0.3 is 0 Å². The van der Waals surface area contributed by atoms with Gasteiger partial charge in [-0.1, -0.05) is 19.8 Å². The monoisotopic (exact) mass is 284 g/mol. The van der Waals surface area contributed by atoms with Crippen molar-refractivity contribution in [3.8, 4) is 0 Å². The molecule has 106 valence electrons. The fourth-order valence-electron chi connectivity index (χ4n) is 2.63. The Morgan fingerprint density at radius 1 is 1.47 bits per heavy atom. The lowest BCUT2D eigenvalue weighted by Gasteiger charge is -2.26. The third-order valence-corrected chi connectivity index (χ3v) is 5.51. The number of anilines is 1. The second kappa shape index (κ2) is 5.85. The van der Waals surface area contributed by atoms with Gasteiger partial charge in [0.2, 0.25) is 0 Å². The summed E-state index contributed by atoms with van der Waals surface area (Å²) < 4.78 is 26.9. The van der Waals surface area contributed by atoms with E-state index in [0.717, 1.165) is 25.7 Å². The molecule has 1 aromatic rings. The molecule has 1 aliphatic carbocycles. The summed E-state index contributed by atoms with van der Waals surface area (Å²) in [4.78, 5) is 3.99. The van der Waals surface area contributed by atoms with Crippen molar-refractivity contribution in [2.75, 3.05) is 12.0 Å². The second-order valence-corrected chi connectivity index (χ2v) is 6.45. The summed E-state index contributed by atoms with van der Waals surface area (Å²) in [5, 5.41) is 0.00579. The van der Waals surface area contributed by atoms with Gasteiger partial charge in [0.05, 0.1) is 5.69 Å². The number of hydrogen-bond acceptors (Lipinski definition) is 5. The largest absolute Gasteiger partial charge is 0.321 e. The van der Waals surface area contributed by atoms with E-state index in [1.165, 1.54) is 6.20 Å². The smallest absolute Gasteiger partial charge is 0.262 e. The van der Waals surface area contributed by atoms with E-state index in [2.05, 4.69) is 10.4 Å². The van der Waals surface area contributed by atoms with E-state index >= 15 is 0 Å². The molecule has 0 aromatic carbocycles. The summed E-state index contributed by atoms with van der Waals surface area (Å²) in [5.41, 5.74) is 2.74. The first-order valence-electron chi connectivity index (χ1n) is 6.54. The average molecular weight is 284 g/mol. The average Bonchev–Trinajstić information content (AvgIpc) is 2.93. The van der Waals surface area contributed by atoms with Crippen LogP contribution in [0.15, 0.2) is 23.4 Å². The summed E-state index contributed by atoms with van der Waals surface area (Å²) in [7, 11) is -3.60.